The monoisotopic (exact) mass is 1060 g/mol. The van der Waals surface area contributed by atoms with E-state index < -0.39 is 68.1 Å². The Bertz CT molecular complexity index is 2660. The van der Waals surface area contributed by atoms with Crippen LogP contribution in [0.3, 0.4) is 0 Å². The number of carbonyl (C=O) groups excluding carboxylic acids is 5. The van der Waals surface area contributed by atoms with Gasteiger partial charge in [0.1, 0.15) is 29.6 Å². The fourth-order valence-electron chi connectivity index (χ4n) is 11.1. The van der Waals surface area contributed by atoms with Crippen LogP contribution in [0, 0.1) is 11.6 Å². The van der Waals surface area contributed by atoms with Crippen molar-refractivity contribution in [2.45, 2.75) is 126 Å². The molecule has 0 bridgehead atoms. The van der Waals surface area contributed by atoms with Crippen LogP contribution in [-0.4, -0.2) is 143 Å². The number of nitrogens with one attached hydrogen (secondary N) is 4. The van der Waals surface area contributed by atoms with Crippen LogP contribution in [-0.2, 0) is 33.3 Å². The second-order valence-electron chi connectivity index (χ2n) is 20.8. The molecular weight excluding hydrogens is 985 g/mol. The molecule has 18 nitrogen and oxygen atoms in total. The number of hydrogen-bond acceptors (Lipinski definition) is 12. The number of aromatic nitrogens is 2. The largest absolute Gasteiger partial charge is 0.453 e. The Kier molecular flexibility index (Phi) is 17.2. The second-order valence-corrected chi connectivity index (χ2v) is 26.2. The number of carbonyl (C=O) groups is 5. The fourth-order valence-corrected chi connectivity index (χ4v) is 13.1. The van der Waals surface area contributed by atoms with Crippen LogP contribution < -0.4 is 25.8 Å². The zero-order valence-electron chi connectivity index (χ0n) is 44.1. The van der Waals surface area contributed by atoms with Crippen molar-refractivity contribution < 1.29 is 51.7 Å². The highest BCUT2D eigenvalue weighted by atomic mass is 28.3. The lowest BCUT2D eigenvalue weighted by molar-refractivity contribution is -0.141. The smallest absolute Gasteiger partial charge is 0.407 e. The average molecular weight is 1060 g/mol. The number of benzene rings is 3. The number of alkyl carbamates (subject to hydrolysis) is 2. The van der Waals surface area contributed by atoms with Gasteiger partial charge in [-0.1, -0.05) is 49.5 Å². The van der Waals surface area contributed by atoms with E-state index >= 15 is 8.78 Å². The minimum absolute atomic E-state index is 0.0113. The third kappa shape index (κ3) is 11.9. The lowest BCUT2D eigenvalue weighted by Gasteiger charge is -2.38. The summed E-state index contributed by atoms with van der Waals surface area (Å²) in [5.41, 5.74) is 4.37. The second kappa shape index (κ2) is 23.5. The van der Waals surface area contributed by atoms with E-state index in [1.165, 1.54) is 45.5 Å². The van der Waals surface area contributed by atoms with Crippen molar-refractivity contribution >= 4 is 55.0 Å². The zero-order valence-corrected chi connectivity index (χ0v) is 45.1. The minimum atomic E-state index is -1.41. The van der Waals surface area contributed by atoms with Crippen molar-refractivity contribution in [3.05, 3.63) is 95.4 Å². The summed E-state index contributed by atoms with van der Waals surface area (Å²) >= 11 is 0. The Labute approximate surface area is 438 Å². The SMILES string of the molecule is COC(=O)N[C@H](C(=O)N1CCCC1C(=O)Nc1ccc([C@H]2CC[C@H](c3ccc(-c4cnc([C@@H]5CCCN5C(=O)[C@@H](NC(=O)OC)[C@@H](C)OC)[nH]4)cc3)N2c2cc(F)c(N3CC[Si](C)(C)CC3)c(F)c2)cc1)[C@@H](C)OC. The summed E-state index contributed by atoms with van der Waals surface area (Å²) in [7, 11) is 3.94. The highest BCUT2D eigenvalue weighted by molar-refractivity contribution is 6.77. The molecule has 8 atom stereocenters. The molecule has 0 aliphatic carbocycles. The van der Waals surface area contributed by atoms with Crippen LogP contribution in [0.5, 0.6) is 0 Å². The Morgan fingerprint density at radius 3 is 1.76 bits per heavy atom. The summed E-state index contributed by atoms with van der Waals surface area (Å²) in [5.74, 6) is -1.71. The van der Waals surface area contributed by atoms with Gasteiger partial charge in [0.25, 0.3) is 0 Å². The number of H-pyrrole nitrogens is 1. The quantitative estimate of drug-likeness (QED) is 0.0788. The van der Waals surface area contributed by atoms with Gasteiger partial charge < -0.3 is 59.5 Å². The number of imidazole rings is 1. The first-order valence-electron chi connectivity index (χ1n) is 25.9. The van der Waals surface area contributed by atoms with E-state index in [1.54, 1.807) is 37.1 Å². The molecule has 404 valence electrons. The molecule has 4 N–H and O–H groups in total. The van der Waals surface area contributed by atoms with Crippen LogP contribution in [0.1, 0.15) is 87.4 Å². The van der Waals surface area contributed by atoms with Gasteiger partial charge in [-0.3, -0.25) is 14.4 Å². The van der Waals surface area contributed by atoms with Crippen molar-refractivity contribution in [3.63, 3.8) is 0 Å². The third-order valence-electron chi connectivity index (χ3n) is 15.7. The molecular formula is C54H71F2N9O9Si. The normalized spacial score (nSPS) is 22.1. The molecule has 0 radical (unpaired) electrons. The fraction of sp³-hybridized carbons (Fsp3) is 0.519. The Morgan fingerprint density at radius 1 is 0.693 bits per heavy atom. The van der Waals surface area contributed by atoms with Gasteiger partial charge in [0.05, 0.1) is 64.5 Å². The molecule has 4 aromatic rings. The Hall–Kier alpha value is -6.58. The lowest BCUT2D eigenvalue weighted by atomic mass is 10.0. The minimum Gasteiger partial charge on any atom is -0.453 e. The van der Waals surface area contributed by atoms with Gasteiger partial charge in [0, 0.05) is 51.8 Å². The molecule has 1 aromatic heterocycles. The van der Waals surface area contributed by atoms with Crippen molar-refractivity contribution in [1.82, 2.24) is 30.4 Å². The topological polar surface area (TPSA) is 200 Å². The number of hydrogen-bond donors (Lipinski definition) is 4. The summed E-state index contributed by atoms with van der Waals surface area (Å²) in [6, 6.07) is 16.6. The van der Waals surface area contributed by atoms with Crippen molar-refractivity contribution in [2.75, 3.05) is 69.7 Å². The van der Waals surface area contributed by atoms with Gasteiger partial charge in [0.2, 0.25) is 17.7 Å². The number of ether oxygens (including phenoxy) is 4. The first-order valence-corrected chi connectivity index (χ1v) is 29.3. The summed E-state index contributed by atoms with van der Waals surface area (Å²) in [6.45, 7) is 10.0. The lowest BCUT2D eigenvalue weighted by Crippen LogP contribution is -2.56. The van der Waals surface area contributed by atoms with Crippen LogP contribution >= 0.6 is 0 Å². The molecule has 4 saturated heterocycles. The summed E-state index contributed by atoms with van der Waals surface area (Å²) in [4.78, 5) is 81.0. The highest BCUT2D eigenvalue weighted by Gasteiger charge is 2.42. The van der Waals surface area contributed by atoms with Gasteiger partial charge >= 0.3 is 12.2 Å². The first kappa shape index (κ1) is 54.7. The van der Waals surface area contributed by atoms with Crippen LogP contribution in [0.2, 0.25) is 25.2 Å². The van der Waals surface area contributed by atoms with E-state index in [-0.39, 0.29) is 35.6 Å². The summed E-state index contributed by atoms with van der Waals surface area (Å²) in [6.07, 6.45) is 2.71. The molecule has 5 amide bonds. The van der Waals surface area contributed by atoms with E-state index in [0.717, 1.165) is 40.9 Å². The number of aromatic amines is 1. The number of methoxy groups -OCH3 is 4. The predicted molar refractivity (Wildman–Crippen MR) is 282 cm³/mol. The number of halogens is 2. The maximum atomic E-state index is 16.5. The number of anilines is 3. The highest BCUT2D eigenvalue weighted by Crippen LogP contribution is 2.49. The number of rotatable bonds is 16. The molecule has 75 heavy (non-hydrogen) atoms. The number of nitrogens with zero attached hydrogens (tertiary/aromatic N) is 5. The molecule has 4 aliphatic heterocycles. The maximum absolute atomic E-state index is 16.5. The van der Waals surface area contributed by atoms with E-state index in [9.17, 15) is 24.0 Å². The number of amides is 5. The maximum Gasteiger partial charge on any atom is 0.407 e. The van der Waals surface area contributed by atoms with Crippen molar-refractivity contribution in [1.29, 1.82) is 0 Å². The van der Waals surface area contributed by atoms with Crippen LogP contribution in [0.25, 0.3) is 11.3 Å². The standard InChI is InChI=1S/C54H71F2N9O9Si/c1-32(71-3)46(60-53(69)73-5)51(67)63-23-9-11-44(63)49-57-31-41(59-49)34-13-15-35(16-14-34)42-21-22-43(65(42)38-29-39(55)48(40(56)30-38)62-25-27-75(7,8)28-26-62)36-17-19-37(20-18-36)58-50(66)45-12-10-24-64(45)52(68)47(33(2)72-4)61-54(70)74-6/h13-20,29-33,42-47H,9-12,21-28H2,1-8H3,(H,57,59)(H,58,66)(H,60,69)(H,61,70)/t32-,33-,42-,43-,44+,45?,46+,47+/m1/s1. The van der Waals surface area contributed by atoms with Gasteiger partial charge in [-0.25, -0.2) is 23.4 Å². The average Bonchev–Trinajstić information content (AvgIpc) is 4.27. The first-order chi connectivity index (χ1) is 35.9. The van der Waals surface area contributed by atoms with E-state index in [1.807, 2.05) is 41.3 Å². The molecule has 5 heterocycles. The Balaban J connectivity index is 1.03. The molecule has 8 rings (SSSR count). The van der Waals surface area contributed by atoms with Gasteiger partial charge in [-0.05, 0) is 105 Å². The summed E-state index contributed by atoms with van der Waals surface area (Å²) in [5, 5.41) is 8.14. The zero-order chi connectivity index (χ0) is 53.7. The van der Waals surface area contributed by atoms with Crippen LogP contribution in [0.4, 0.5) is 35.4 Å². The molecule has 21 heteroatoms. The molecule has 4 aliphatic rings. The van der Waals surface area contributed by atoms with Gasteiger partial charge in [-0.15, -0.1) is 0 Å². The summed E-state index contributed by atoms with van der Waals surface area (Å²) < 4.78 is 53.3. The predicted octanol–water partition coefficient (Wildman–Crippen LogP) is 8.08. The van der Waals surface area contributed by atoms with Crippen molar-refractivity contribution in [2.24, 2.45) is 0 Å². The number of likely N-dealkylation sites (tertiary alicyclic amines) is 2. The van der Waals surface area contributed by atoms with E-state index in [2.05, 4.69) is 38.9 Å². The Morgan fingerprint density at radius 2 is 1.21 bits per heavy atom. The van der Waals surface area contributed by atoms with Crippen LogP contribution in [0.15, 0.2) is 66.9 Å². The molecule has 4 fully saturated rings. The molecule has 0 spiro atoms. The third-order valence-corrected chi connectivity index (χ3v) is 18.9. The molecule has 1 unspecified atom stereocenters. The molecule has 3 aromatic carbocycles. The molecule has 0 saturated carbocycles. The van der Waals surface area contributed by atoms with Crippen molar-refractivity contribution in [3.8, 4) is 11.3 Å². The van der Waals surface area contributed by atoms with E-state index in [4.69, 9.17) is 23.9 Å². The van der Waals surface area contributed by atoms with Gasteiger partial charge in [0.15, 0.2) is 11.6 Å². The van der Waals surface area contributed by atoms with E-state index in [0.29, 0.717) is 75.5 Å². The van der Waals surface area contributed by atoms with Gasteiger partial charge in [-0.2, -0.15) is 0 Å².